The van der Waals surface area contributed by atoms with Crippen LogP contribution in [0.2, 0.25) is 0 Å². The number of ether oxygens (including phenoxy) is 1. The minimum absolute atomic E-state index is 0.210. The first-order chi connectivity index (χ1) is 10.1. The number of carbonyl (C=O) groups excluding carboxylic acids is 2. The summed E-state index contributed by atoms with van der Waals surface area (Å²) >= 11 is 0. The van der Waals surface area contributed by atoms with Crippen LogP contribution in [0.25, 0.3) is 0 Å². The van der Waals surface area contributed by atoms with E-state index in [9.17, 15) is 9.59 Å². The van der Waals surface area contributed by atoms with Crippen LogP contribution in [0.1, 0.15) is 25.5 Å². The highest BCUT2D eigenvalue weighted by Gasteiger charge is 2.31. The summed E-state index contributed by atoms with van der Waals surface area (Å²) in [6, 6.07) is 8.51. The maximum Gasteiger partial charge on any atom is 0.338 e. The number of urea groups is 1. The van der Waals surface area contributed by atoms with Crippen molar-refractivity contribution in [2.24, 2.45) is 0 Å². The van der Waals surface area contributed by atoms with Crippen LogP contribution in [-0.2, 0) is 9.53 Å². The topological polar surface area (TPSA) is 67.4 Å². The van der Waals surface area contributed by atoms with Gasteiger partial charge in [-0.15, -0.1) is 0 Å². The molecule has 1 atom stereocenters. The summed E-state index contributed by atoms with van der Waals surface area (Å²) in [6.45, 7) is 3.76. The predicted octanol–water partition coefficient (Wildman–Crippen LogP) is 2.43. The second-order valence-corrected chi connectivity index (χ2v) is 4.65. The van der Waals surface area contributed by atoms with Crippen molar-refractivity contribution in [3.8, 4) is 0 Å². The van der Waals surface area contributed by atoms with Gasteiger partial charge in [0, 0.05) is 5.70 Å². The summed E-state index contributed by atoms with van der Waals surface area (Å²) in [7, 11) is 0. The van der Waals surface area contributed by atoms with Gasteiger partial charge in [0.15, 0.2) is 0 Å². The Kier molecular flexibility index (Phi) is 4.77. The van der Waals surface area contributed by atoms with Crippen molar-refractivity contribution >= 4 is 12.0 Å². The van der Waals surface area contributed by atoms with Gasteiger partial charge in [-0.2, -0.15) is 0 Å². The molecule has 0 saturated carbocycles. The fourth-order valence-corrected chi connectivity index (χ4v) is 2.16. The predicted molar refractivity (Wildman–Crippen MR) is 79.3 cm³/mol. The summed E-state index contributed by atoms with van der Waals surface area (Å²) in [5.41, 5.74) is 1.77. The Balaban J connectivity index is 2.30. The summed E-state index contributed by atoms with van der Waals surface area (Å²) in [4.78, 5) is 23.9. The maximum atomic E-state index is 12.3. The molecule has 0 unspecified atom stereocenters. The molecule has 1 heterocycles. The molecule has 1 aromatic carbocycles. The van der Waals surface area contributed by atoms with Crippen LogP contribution in [0.5, 0.6) is 0 Å². The Hall–Kier alpha value is -2.56. The van der Waals surface area contributed by atoms with Gasteiger partial charge in [0.25, 0.3) is 0 Å². The van der Waals surface area contributed by atoms with E-state index in [1.807, 2.05) is 43.3 Å². The monoisotopic (exact) mass is 286 g/mol. The molecule has 5 nitrogen and oxygen atoms in total. The normalized spacial score (nSPS) is 18.4. The van der Waals surface area contributed by atoms with Crippen LogP contribution in [0.4, 0.5) is 4.79 Å². The summed E-state index contributed by atoms with van der Waals surface area (Å²) in [5, 5.41) is 5.37. The van der Waals surface area contributed by atoms with Gasteiger partial charge in [0.2, 0.25) is 0 Å². The van der Waals surface area contributed by atoms with Gasteiger partial charge in [-0.25, -0.2) is 9.59 Å². The third-order valence-electron chi connectivity index (χ3n) is 3.17. The lowest BCUT2D eigenvalue weighted by atomic mass is 9.96. The number of rotatable bonds is 4. The largest absolute Gasteiger partial charge is 0.458 e. The molecule has 1 aliphatic heterocycles. The second-order valence-electron chi connectivity index (χ2n) is 4.65. The van der Waals surface area contributed by atoms with Crippen molar-refractivity contribution in [3.05, 3.63) is 59.3 Å². The van der Waals surface area contributed by atoms with E-state index in [0.29, 0.717) is 11.3 Å². The van der Waals surface area contributed by atoms with Gasteiger partial charge in [0.1, 0.15) is 6.61 Å². The van der Waals surface area contributed by atoms with Gasteiger partial charge in [0.05, 0.1) is 11.6 Å². The third-order valence-corrected chi connectivity index (χ3v) is 3.17. The highest BCUT2D eigenvalue weighted by molar-refractivity contribution is 5.95. The molecule has 1 aromatic rings. The molecule has 1 aliphatic rings. The second kappa shape index (κ2) is 6.74. The fourth-order valence-electron chi connectivity index (χ4n) is 2.16. The Morgan fingerprint density at radius 1 is 1.33 bits per heavy atom. The van der Waals surface area contributed by atoms with E-state index >= 15 is 0 Å². The fraction of sp³-hybridized carbons (Fsp3) is 0.250. The van der Waals surface area contributed by atoms with E-state index in [1.165, 1.54) is 0 Å². The number of benzene rings is 1. The van der Waals surface area contributed by atoms with Gasteiger partial charge in [-0.1, -0.05) is 42.5 Å². The lowest BCUT2D eigenvalue weighted by Gasteiger charge is -2.28. The number of nitrogens with one attached hydrogen (secondary N) is 2. The molecule has 2 rings (SSSR count). The molecular formula is C16H18N2O3. The molecule has 2 amide bonds. The van der Waals surface area contributed by atoms with E-state index in [4.69, 9.17) is 4.74 Å². The van der Waals surface area contributed by atoms with Crippen LogP contribution in [0, 0.1) is 0 Å². The van der Waals surface area contributed by atoms with Crippen molar-refractivity contribution in [1.82, 2.24) is 10.6 Å². The maximum absolute atomic E-state index is 12.3. The molecule has 0 radical (unpaired) electrons. The quantitative estimate of drug-likeness (QED) is 0.660. The highest BCUT2D eigenvalue weighted by Crippen LogP contribution is 2.27. The molecule has 2 N–H and O–H groups in total. The first kappa shape index (κ1) is 14.8. The Bertz CT molecular complexity index is 591. The lowest BCUT2D eigenvalue weighted by Crippen LogP contribution is -2.45. The van der Waals surface area contributed by atoms with E-state index < -0.39 is 12.0 Å². The van der Waals surface area contributed by atoms with Crippen LogP contribution < -0.4 is 10.6 Å². The molecule has 0 spiro atoms. The number of carbonyl (C=O) groups is 2. The van der Waals surface area contributed by atoms with Gasteiger partial charge >= 0.3 is 12.0 Å². The molecule has 0 saturated heterocycles. The van der Waals surface area contributed by atoms with Crippen molar-refractivity contribution in [3.63, 3.8) is 0 Å². The van der Waals surface area contributed by atoms with Gasteiger partial charge in [-0.3, -0.25) is 0 Å². The standard InChI is InChI=1S/C16H18N2O3/c1-3-4-10-21-15(19)13-11(2)17-16(20)18-14(13)12-8-6-5-7-9-12/h3-9,14H,10H2,1-2H3,(H2,17,18,20)/t14-/m1/s1. The van der Waals surface area contributed by atoms with E-state index in [0.717, 1.165) is 5.56 Å². The lowest BCUT2D eigenvalue weighted by molar-refractivity contribution is -0.138. The number of allylic oxidation sites excluding steroid dienone is 2. The highest BCUT2D eigenvalue weighted by atomic mass is 16.5. The number of hydrogen-bond donors (Lipinski definition) is 2. The average molecular weight is 286 g/mol. The molecule has 0 fully saturated rings. The first-order valence-corrected chi connectivity index (χ1v) is 6.75. The van der Waals surface area contributed by atoms with Crippen LogP contribution in [-0.4, -0.2) is 18.6 Å². The van der Waals surface area contributed by atoms with Crippen molar-refractivity contribution in [2.75, 3.05) is 6.61 Å². The minimum Gasteiger partial charge on any atom is -0.458 e. The Labute approximate surface area is 123 Å². The summed E-state index contributed by atoms with van der Waals surface area (Å²) in [5.74, 6) is -0.438. The average Bonchev–Trinajstić information content (AvgIpc) is 2.47. The number of esters is 1. The zero-order chi connectivity index (χ0) is 15.2. The molecule has 5 heteroatoms. The number of hydrogen-bond acceptors (Lipinski definition) is 3. The summed E-state index contributed by atoms with van der Waals surface area (Å²) < 4.78 is 5.20. The van der Waals surface area contributed by atoms with E-state index in [1.54, 1.807) is 13.0 Å². The van der Waals surface area contributed by atoms with Crippen LogP contribution in [0.15, 0.2) is 53.8 Å². The Morgan fingerprint density at radius 3 is 2.71 bits per heavy atom. The van der Waals surface area contributed by atoms with Gasteiger partial charge < -0.3 is 15.4 Å². The molecular weight excluding hydrogens is 268 g/mol. The summed E-state index contributed by atoms with van der Waals surface area (Å²) in [6.07, 6.45) is 3.56. The molecule has 110 valence electrons. The van der Waals surface area contributed by atoms with Crippen molar-refractivity contribution in [1.29, 1.82) is 0 Å². The van der Waals surface area contributed by atoms with Crippen molar-refractivity contribution in [2.45, 2.75) is 19.9 Å². The SMILES string of the molecule is CC=CCOC(=O)C1=C(C)NC(=O)N[C@@H]1c1ccccc1. The van der Waals surface area contributed by atoms with Crippen LogP contribution >= 0.6 is 0 Å². The molecule has 0 bridgehead atoms. The van der Waals surface area contributed by atoms with E-state index in [-0.39, 0.29) is 12.6 Å². The molecule has 0 aliphatic carbocycles. The van der Waals surface area contributed by atoms with Crippen LogP contribution in [0.3, 0.4) is 0 Å². The van der Waals surface area contributed by atoms with Crippen molar-refractivity contribution < 1.29 is 14.3 Å². The third kappa shape index (κ3) is 3.51. The minimum atomic E-state index is -0.502. The smallest absolute Gasteiger partial charge is 0.338 e. The van der Waals surface area contributed by atoms with Gasteiger partial charge in [-0.05, 0) is 19.4 Å². The zero-order valence-electron chi connectivity index (χ0n) is 12.1. The molecule has 21 heavy (non-hydrogen) atoms. The Morgan fingerprint density at radius 2 is 2.05 bits per heavy atom. The zero-order valence-corrected chi connectivity index (χ0v) is 12.1. The first-order valence-electron chi connectivity index (χ1n) is 6.75. The molecule has 0 aromatic heterocycles. The van der Waals surface area contributed by atoms with E-state index in [2.05, 4.69) is 10.6 Å². The number of amides is 2.